The molecule has 0 unspecified atom stereocenters. The maximum atomic E-state index is 12.1. The van der Waals surface area contributed by atoms with E-state index in [-0.39, 0.29) is 5.91 Å². The van der Waals surface area contributed by atoms with Crippen molar-refractivity contribution in [2.24, 2.45) is 0 Å². The summed E-state index contributed by atoms with van der Waals surface area (Å²) in [5.74, 6) is -0.0913. The van der Waals surface area contributed by atoms with Crippen molar-refractivity contribution in [3.05, 3.63) is 51.8 Å². The fourth-order valence-electron chi connectivity index (χ4n) is 2.60. The Hall–Kier alpha value is -1.81. The van der Waals surface area contributed by atoms with Gasteiger partial charge in [0.1, 0.15) is 0 Å². The Morgan fingerprint density at radius 3 is 3.15 bits per heavy atom. The molecule has 1 aromatic carbocycles. The summed E-state index contributed by atoms with van der Waals surface area (Å²) in [6.45, 7) is 0.584. The number of amides is 1. The van der Waals surface area contributed by atoms with Gasteiger partial charge in [0.15, 0.2) is 5.69 Å². The monoisotopic (exact) mass is 289 g/mol. The lowest BCUT2D eigenvalue weighted by atomic mass is 10.1. The van der Waals surface area contributed by atoms with E-state index in [0.717, 1.165) is 47.5 Å². The summed E-state index contributed by atoms with van der Waals surface area (Å²) in [6, 6.07) is 7.68. The molecule has 1 aliphatic rings. The first-order chi connectivity index (χ1) is 9.74. The maximum absolute atomic E-state index is 12.1. The molecular weight excluding hydrogens is 274 g/mol. The van der Waals surface area contributed by atoms with Gasteiger partial charge in [-0.1, -0.05) is 23.7 Å². The number of hydrogen-bond donors (Lipinski definition) is 2. The Morgan fingerprint density at radius 2 is 2.30 bits per heavy atom. The number of halogens is 1. The zero-order valence-corrected chi connectivity index (χ0v) is 11.8. The van der Waals surface area contributed by atoms with Crippen LogP contribution in [-0.4, -0.2) is 22.6 Å². The average molecular weight is 290 g/mol. The van der Waals surface area contributed by atoms with E-state index in [0.29, 0.717) is 12.2 Å². The van der Waals surface area contributed by atoms with Gasteiger partial charge in [-0.3, -0.25) is 9.89 Å². The summed E-state index contributed by atoms with van der Waals surface area (Å²) < 4.78 is 0. The summed E-state index contributed by atoms with van der Waals surface area (Å²) in [4.78, 5) is 12.1. The van der Waals surface area contributed by atoms with Crippen LogP contribution in [0.2, 0.25) is 5.02 Å². The number of aryl methyl sites for hydroxylation is 1. The number of aromatic amines is 1. The molecule has 104 valence electrons. The van der Waals surface area contributed by atoms with E-state index < -0.39 is 0 Å². The first-order valence-electron chi connectivity index (χ1n) is 6.83. The van der Waals surface area contributed by atoms with Crippen molar-refractivity contribution in [1.82, 2.24) is 15.5 Å². The summed E-state index contributed by atoms with van der Waals surface area (Å²) in [6.07, 6.45) is 3.81. The highest BCUT2D eigenvalue weighted by atomic mass is 35.5. The Morgan fingerprint density at radius 1 is 1.40 bits per heavy atom. The molecule has 0 radical (unpaired) electrons. The van der Waals surface area contributed by atoms with Crippen LogP contribution in [0.15, 0.2) is 24.3 Å². The van der Waals surface area contributed by atoms with Crippen molar-refractivity contribution in [2.75, 3.05) is 6.54 Å². The quantitative estimate of drug-likeness (QED) is 0.909. The third-order valence-electron chi connectivity index (χ3n) is 3.61. The number of carbonyl (C=O) groups is 1. The van der Waals surface area contributed by atoms with Gasteiger partial charge in [0.05, 0.1) is 0 Å². The lowest BCUT2D eigenvalue weighted by Gasteiger charge is -2.05. The fraction of sp³-hybridized carbons (Fsp3) is 0.333. The molecule has 1 aliphatic carbocycles. The van der Waals surface area contributed by atoms with Crippen LogP contribution >= 0.6 is 11.6 Å². The highest BCUT2D eigenvalue weighted by Gasteiger charge is 2.22. The first kappa shape index (κ1) is 13.2. The van der Waals surface area contributed by atoms with E-state index in [4.69, 9.17) is 11.6 Å². The van der Waals surface area contributed by atoms with Crippen LogP contribution in [0.4, 0.5) is 0 Å². The van der Waals surface area contributed by atoms with Gasteiger partial charge in [0, 0.05) is 22.8 Å². The van der Waals surface area contributed by atoms with Crippen molar-refractivity contribution >= 4 is 17.5 Å². The summed E-state index contributed by atoms with van der Waals surface area (Å²) in [7, 11) is 0. The number of aromatic nitrogens is 2. The van der Waals surface area contributed by atoms with Crippen molar-refractivity contribution < 1.29 is 4.79 Å². The average Bonchev–Trinajstić information content (AvgIpc) is 3.00. The predicted molar refractivity (Wildman–Crippen MR) is 78.1 cm³/mol. The molecule has 1 heterocycles. The second-order valence-electron chi connectivity index (χ2n) is 5.02. The minimum Gasteiger partial charge on any atom is -0.350 e. The number of carbonyl (C=O) groups excluding carboxylic acids is 1. The zero-order chi connectivity index (χ0) is 13.9. The molecule has 1 aromatic heterocycles. The first-order valence-corrected chi connectivity index (χ1v) is 7.20. The molecule has 0 spiro atoms. The van der Waals surface area contributed by atoms with Crippen LogP contribution < -0.4 is 5.32 Å². The summed E-state index contributed by atoms with van der Waals surface area (Å²) >= 11 is 5.93. The molecule has 0 saturated heterocycles. The fourth-order valence-corrected chi connectivity index (χ4v) is 2.82. The number of rotatable bonds is 4. The Kier molecular flexibility index (Phi) is 3.74. The van der Waals surface area contributed by atoms with Crippen molar-refractivity contribution in [3.8, 4) is 0 Å². The van der Waals surface area contributed by atoms with E-state index >= 15 is 0 Å². The minimum absolute atomic E-state index is 0.0913. The molecule has 0 aliphatic heterocycles. The molecule has 0 bridgehead atoms. The normalized spacial score (nSPS) is 13.2. The Balaban J connectivity index is 1.57. The number of nitrogens with zero attached hydrogens (tertiary/aromatic N) is 1. The molecule has 2 aromatic rings. The largest absolute Gasteiger partial charge is 0.350 e. The number of fused-ring (bicyclic) bond motifs is 1. The van der Waals surface area contributed by atoms with E-state index in [1.54, 1.807) is 0 Å². The van der Waals surface area contributed by atoms with E-state index in [2.05, 4.69) is 15.5 Å². The van der Waals surface area contributed by atoms with Gasteiger partial charge < -0.3 is 5.32 Å². The maximum Gasteiger partial charge on any atom is 0.272 e. The molecule has 3 rings (SSSR count). The van der Waals surface area contributed by atoms with Gasteiger partial charge in [0.25, 0.3) is 5.91 Å². The van der Waals surface area contributed by atoms with E-state index in [1.165, 1.54) is 0 Å². The smallest absolute Gasteiger partial charge is 0.272 e. The third kappa shape index (κ3) is 2.70. The van der Waals surface area contributed by atoms with Crippen LogP contribution in [-0.2, 0) is 19.3 Å². The molecule has 2 N–H and O–H groups in total. The standard InChI is InChI=1S/C15H16ClN3O/c16-11-4-1-3-10(9-11)7-8-17-15(20)14-12-5-2-6-13(12)18-19-14/h1,3-4,9H,2,5-8H2,(H,17,20)(H,18,19). The van der Waals surface area contributed by atoms with Gasteiger partial charge in [-0.15, -0.1) is 0 Å². The molecule has 20 heavy (non-hydrogen) atoms. The topological polar surface area (TPSA) is 57.8 Å². The molecule has 0 saturated carbocycles. The molecule has 4 nitrogen and oxygen atoms in total. The molecule has 0 atom stereocenters. The highest BCUT2D eigenvalue weighted by molar-refractivity contribution is 6.30. The van der Waals surface area contributed by atoms with Gasteiger partial charge in [-0.2, -0.15) is 5.10 Å². The number of benzene rings is 1. The lowest BCUT2D eigenvalue weighted by molar-refractivity contribution is 0.0948. The molecule has 1 amide bonds. The summed E-state index contributed by atoms with van der Waals surface area (Å²) in [5.41, 5.74) is 3.88. The number of hydrogen-bond acceptors (Lipinski definition) is 2. The Labute approximate surface area is 122 Å². The predicted octanol–water partition coefficient (Wildman–Crippen LogP) is 2.52. The van der Waals surface area contributed by atoms with E-state index in [9.17, 15) is 4.79 Å². The third-order valence-corrected chi connectivity index (χ3v) is 3.84. The zero-order valence-electron chi connectivity index (χ0n) is 11.1. The van der Waals surface area contributed by atoms with Gasteiger partial charge in [-0.25, -0.2) is 0 Å². The number of nitrogens with one attached hydrogen (secondary N) is 2. The highest BCUT2D eigenvalue weighted by Crippen LogP contribution is 2.22. The van der Waals surface area contributed by atoms with Gasteiger partial charge in [-0.05, 0) is 43.4 Å². The van der Waals surface area contributed by atoms with Crippen LogP contribution in [0, 0.1) is 0 Å². The molecule has 0 fully saturated rings. The lowest BCUT2D eigenvalue weighted by Crippen LogP contribution is -2.26. The second-order valence-corrected chi connectivity index (χ2v) is 5.46. The second kappa shape index (κ2) is 5.67. The van der Waals surface area contributed by atoms with Gasteiger partial charge >= 0.3 is 0 Å². The van der Waals surface area contributed by atoms with Crippen molar-refractivity contribution in [2.45, 2.75) is 25.7 Å². The summed E-state index contributed by atoms with van der Waals surface area (Å²) in [5, 5.41) is 10.7. The minimum atomic E-state index is -0.0913. The van der Waals surface area contributed by atoms with E-state index in [1.807, 2.05) is 24.3 Å². The van der Waals surface area contributed by atoms with Crippen molar-refractivity contribution in [3.63, 3.8) is 0 Å². The van der Waals surface area contributed by atoms with Crippen LogP contribution in [0.1, 0.15) is 33.7 Å². The van der Waals surface area contributed by atoms with Crippen LogP contribution in [0.25, 0.3) is 0 Å². The van der Waals surface area contributed by atoms with Crippen LogP contribution in [0.3, 0.4) is 0 Å². The SMILES string of the molecule is O=C(NCCc1cccc(Cl)c1)c1n[nH]c2c1CCC2. The van der Waals surface area contributed by atoms with Crippen molar-refractivity contribution in [1.29, 1.82) is 0 Å². The van der Waals surface area contributed by atoms with Gasteiger partial charge in [0.2, 0.25) is 0 Å². The number of H-pyrrole nitrogens is 1. The molecule has 5 heteroatoms. The van der Waals surface area contributed by atoms with Crippen LogP contribution in [0.5, 0.6) is 0 Å². The molecular formula is C15H16ClN3O. The Bertz CT molecular complexity index is 636.